The molecular weight excluding hydrogens is 232 g/mol. The SMILES string of the molecule is OC(CCC1CCCC1)Cc1ccc2c(c1)CCC2. The molecule has 1 unspecified atom stereocenters. The van der Waals surface area contributed by atoms with E-state index in [1.807, 2.05) is 0 Å². The first-order chi connectivity index (χ1) is 9.31. The molecule has 1 saturated carbocycles. The Bertz CT molecular complexity index is 418. The lowest BCUT2D eigenvalue weighted by atomic mass is 9.95. The highest BCUT2D eigenvalue weighted by Gasteiger charge is 2.17. The summed E-state index contributed by atoms with van der Waals surface area (Å²) in [5.41, 5.74) is 4.39. The predicted molar refractivity (Wildman–Crippen MR) is 79.4 cm³/mol. The molecule has 0 saturated heterocycles. The van der Waals surface area contributed by atoms with Gasteiger partial charge in [0.2, 0.25) is 0 Å². The lowest BCUT2D eigenvalue weighted by molar-refractivity contribution is 0.155. The van der Waals surface area contributed by atoms with Crippen LogP contribution in [0.25, 0.3) is 0 Å². The van der Waals surface area contributed by atoms with Crippen LogP contribution in [0.15, 0.2) is 18.2 Å². The Hall–Kier alpha value is -0.820. The number of hydrogen-bond donors (Lipinski definition) is 1. The van der Waals surface area contributed by atoms with Gasteiger partial charge in [-0.3, -0.25) is 0 Å². The molecule has 1 aromatic carbocycles. The second kappa shape index (κ2) is 6.09. The van der Waals surface area contributed by atoms with E-state index in [1.54, 1.807) is 0 Å². The third-order valence-electron chi connectivity index (χ3n) is 5.02. The molecule has 1 nitrogen and oxygen atoms in total. The minimum absolute atomic E-state index is 0.139. The Morgan fingerprint density at radius 3 is 2.68 bits per heavy atom. The molecule has 0 aromatic heterocycles. The molecule has 19 heavy (non-hydrogen) atoms. The number of benzene rings is 1. The zero-order chi connectivity index (χ0) is 13.1. The van der Waals surface area contributed by atoms with Gasteiger partial charge in [-0.15, -0.1) is 0 Å². The molecular formula is C18H26O. The molecule has 1 atom stereocenters. The van der Waals surface area contributed by atoms with Crippen LogP contribution in [0.3, 0.4) is 0 Å². The minimum atomic E-state index is -0.139. The van der Waals surface area contributed by atoms with Crippen molar-refractivity contribution in [1.82, 2.24) is 0 Å². The molecule has 0 heterocycles. The van der Waals surface area contributed by atoms with Gasteiger partial charge in [0.15, 0.2) is 0 Å². The van der Waals surface area contributed by atoms with Gasteiger partial charge >= 0.3 is 0 Å². The van der Waals surface area contributed by atoms with E-state index in [0.717, 1.165) is 18.8 Å². The van der Waals surface area contributed by atoms with Gasteiger partial charge in [-0.2, -0.15) is 0 Å². The summed E-state index contributed by atoms with van der Waals surface area (Å²) in [6.07, 6.45) is 12.3. The van der Waals surface area contributed by atoms with E-state index in [0.29, 0.717) is 0 Å². The van der Waals surface area contributed by atoms with Crippen molar-refractivity contribution in [2.24, 2.45) is 5.92 Å². The average Bonchev–Trinajstić information content (AvgIpc) is 3.07. The van der Waals surface area contributed by atoms with Crippen LogP contribution in [0.4, 0.5) is 0 Å². The van der Waals surface area contributed by atoms with Gasteiger partial charge in [0.05, 0.1) is 6.10 Å². The molecule has 1 heteroatoms. The average molecular weight is 258 g/mol. The molecule has 0 radical (unpaired) electrons. The van der Waals surface area contributed by atoms with Crippen LogP contribution < -0.4 is 0 Å². The number of hydrogen-bond acceptors (Lipinski definition) is 1. The van der Waals surface area contributed by atoms with Crippen LogP contribution in [0, 0.1) is 5.92 Å². The van der Waals surface area contributed by atoms with Gasteiger partial charge in [0.25, 0.3) is 0 Å². The van der Waals surface area contributed by atoms with Crippen LogP contribution in [-0.4, -0.2) is 11.2 Å². The van der Waals surface area contributed by atoms with Crippen LogP contribution in [0.5, 0.6) is 0 Å². The smallest absolute Gasteiger partial charge is 0.0580 e. The molecule has 0 amide bonds. The first-order valence-corrected chi connectivity index (χ1v) is 8.10. The monoisotopic (exact) mass is 258 g/mol. The van der Waals surface area contributed by atoms with Crippen molar-refractivity contribution in [2.75, 3.05) is 0 Å². The van der Waals surface area contributed by atoms with Crippen LogP contribution >= 0.6 is 0 Å². The third-order valence-corrected chi connectivity index (χ3v) is 5.02. The Morgan fingerprint density at radius 2 is 1.84 bits per heavy atom. The Morgan fingerprint density at radius 1 is 1.05 bits per heavy atom. The van der Waals surface area contributed by atoms with Gasteiger partial charge < -0.3 is 5.11 Å². The lowest BCUT2D eigenvalue weighted by Gasteiger charge is -2.14. The molecule has 1 N–H and O–H groups in total. The zero-order valence-electron chi connectivity index (χ0n) is 11.9. The summed E-state index contributed by atoms with van der Waals surface area (Å²) >= 11 is 0. The molecule has 2 aliphatic rings. The zero-order valence-corrected chi connectivity index (χ0v) is 11.9. The van der Waals surface area contributed by atoms with Crippen molar-refractivity contribution in [3.8, 4) is 0 Å². The maximum absolute atomic E-state index is 10.2. The van der Waals surface area contributed by atoms with Crippen molar-refractivity contribution >= 4 is 0 Å². The van der Waals surface area contributed by atoms with Crippen LogP contribution in [0.1, 0.15) is 61.6 Å². The number of aliphatic hydroxyl groups is 1. The minimum Gasteiger partial charge on any atom is -0.393 e. The quantitative estimate of drug-likeness (QED) is 0.844. The summed E-state index contributed by atoms with van der Waals surface area (Å²) in [5.74, 6) is 0.898. The number of aryl methyl sites for hydroxylation is 2. The van der Waals surface area contributed by atoms with Gasteiger partial charge in [0.1, 0.15) is 0 Å². The van der Waals surface area contributed by atoms with E-state index in [2.05, 4.69) is 18.2 Å². The molecule has 0 bridgehead atoms. The summed E-state index contributed by atoms with van der Waals surface area (Å²) in [6.45, 7) is 0. The summed E-state index contributed by atoms with van der Waals surface area (Å²) < 4.78 is 0. The van der Waals surface area contributed by atoms with E-state index in [4.69, 9.17) is 0 Å². The largest absolute Gasteiger partial charge is 0.393 e. The molecule has 0 aliphatic heterocycles. The van der Waals surface area contributed by atoms with E-state index in [1.165, 1.54) is 68.1 Å². The summed E-state index contributed by atoms with van der Waals surface area (Å²) in [5, 5.41) is 10.2. The normalized spacial score (nSPS) is 20.7. The van der Waals surface area contributed by atoms with Crippen molar-refractivity contribution in [2.45, 2.75) is 70.3 Å². The topological polar surface area (TPSA) is 20.2 Å². The summed E-state index contributed by atoms with van der Waals surface area (Å²) in [6, 6.07) is 6.84. The number of aliphatic hydroxyl groups excluding tert-OH is 1. The van der Waals surface area contributed by atoms with E-state index in [-0.39, 0.29) is 6.10 Å². The van der Waals surface area contributed by atoms with Gasteiger partial charge in [-0.1, -0.05) is 43.9 Å². The van der Waals surface area contributed by atoms with E-state index >= 15 is 0 Å². The van der Waals surface area contributed by atoms with Crippen molar-refractivity contribution in [3.63, 3.8) is 0 Å². The molecule has 2 aliphatic carbocycles. The maximum atomic E-state index is 10.2. The van der Waals surface area contributed by atoms with Gasteiger partial charge in [-0.25, -0.2) is 0 Å². The van der Waals surface area contributed by atoms with Crippen molar-refractivity contribution < 1.29 is 5.11 Å². The highest BCUT2D eigenvalue weighted by molar-refractivity contribution is 5.35. The molecule has 0 spiro atoms. The fraction of sp³-hybridized carbons (Fsp3) is 0.667. The summed E-state index contributed by atoms with van der Waals surface area (Å²) in [4.78, 5) is 0. The predicted octanol–water partition coefficient (Wildman–Crippen LogP) is 4.05. The van der Waals surface area contributed by atoms with Crippen molar-refractivity contribution in [3.05, 3.63) is 34.9 Å². The first-order valence-electron chi connectivity index (χ1n) is 8.10. The van der Waals surface area contributed by atoms with Crippen LogP contribution in [-0.2, 0) is 19.3 Å². The Balaban J connectivity index is 1.49. The molecule has 1 fully saturated rings. The Kier molecular flexibility index (Phi) is 4.22. The fourth-order valence-electron chi connectivity index (χ4n) is 3.85. The van der Waals surface area contributed by atoms with Crippen LogP contribution in [0.2, 0.25) is 0 Å². The standard InChI is InChI=1S/C18H26O/c19-18(11-9-14-4-1-2-5-14)13-15-8-10-16-6-3-7-17(16)12-15/h8,10,12,14,18-19H,1-7,9,11,13H2. The lowest BCUT2D eigenvalue weighted by Crippen LogP contribution is -2.12. The van der Waals surface area contributed by atoms with Crippen molar-refractivity contribution in [1.29, 1.82) is 0 Å². The van der Waals surface area contributed by atoms with Gasteiger partial charge in [0, 0.05) is 0 Å². The highest BCUT2D eigenvalue weighted by atomic mass is 16.3. The van der Waals surface area contributed by atoms with E-state index in [9.17, 15) is 5.11 Å². The highest BCUT2D eigenvalue weighted by Crippen LogP contribution is 2.29. The fourth-order valence-corrected chi connectivity index (χ4v) is 3.85. The first kappa shape index (κ1) is 13.2. The maximum Gasteiger partial charge on any atom is 0.0580 e. The second-order valence-corrected chi connectivity index (χ2v) is 6.54. The Labute approximate surface area is 117 Å². The van der Waals surface area contributed by atoms with E-state index < -0.39 is 0 Å². The molecule has 1 aromatic rings. The second-order valence-electron chi connectivity index (χ2n) is 6.54. The summed E-state index contributed by atoms with van der Waals surface area (Å²) in [7, 11) is 0. The third kappa shape index (κ3) is 3.39. The molecule has 104 valence electrons. The number of fused-ring (bicyclic) bond motifs is 1. The number of rotatable bonds is 5. The molecule has 3 rings (SSSR count). The van der Waals surface area contributed by atoms with Gasteiger partial charge in [-0.05, 0) is 61.1 Å².